The van der Waals surface area contributed by atoms with Crippen LogP contribution in [-0.4, -0.2) is 60.8 Å². The lowest BCUT2D eigenvalue weighted by Crippen LogP contribution is -2.46. The number of ether oxygens (including phenoxy) is 2. The summed E-state index contributed by atoms with van der Waals surface area (Å²) in [6, 6.07) is 15.6. The molecule has 42 heavy (non-hydrogen) atoms. The van der Waals surface area contributed by atoms with Crippen molar-refractivity contribution in [2.45, 2.75) is 58.7 Å². The smallest absolute Gasteiger partial charge is 0.338 e. The quantitative estimate of drug-likeness (QED) is 0.217. The van der Waals surface area contributed by atoms with Crippen molar-refractivity contribution in [3.63, 3.8) is 0 Å². The van der Waals surface area contributed by atoms with Crippen molar-refractivity contribution >= 4 is 11.9 Å². The summed E-state index contributed by atoms with van der Waals surface area (Å²) in [4.78, 5) is 28.5. The molecule has 0 saturated heterocycles. The van der Waals surface area contributed by atoms with E-state index in [9.17, 15) is 19.1 Å². The molecule has 0 bridgehead atoms. The van der Waals surface area contributed by atoms with Gasteiger partial charge in [-0.15, -0.1) is 0 Å². The number of nitrogens with zero attached hydrogens (tertiary/aromatic N) is 1. The maximum absolute atomic E-state index is 13.9. The van der Waals surface area contributed by atoms with Crippen molar-refractivity contribution in [3.8, 4) is 11.5 Å². The molecule has 9 heteroatoms. The van der Waals surface area contributed by atoms with Gasteiger partial charge in [0, 0.05) is 43.9 Å². The Hall–Kier alpha value is -3.95. The predicted octanol–water partition coefficient (Wildman–Crippen LogP) is 5.00. The van der Waals surface area contributed by atoms with Crippen LogP contribution in [0.1, 0.15) is 64.1 Å². The van der Waals surface area contributed by atoms with Gasteiger partial charge in [-0.3, -0.25) is 4.79 Å². The summed E-state index contributed by atoms with van der Waals surface area (Å²) in [5.41, 5.74) is 9.39. The minimum atomic E-state index is -0.801. The normalized spacial score (nSPS) is 12.4. The third-order valence-electron chi connectivity index (χ3n) is 6.79. The number of esters is 1. The second-order valence-electron chi connectivity index (χ2n) is 10.5. The van der Waals surface area contributed by atoms with Crippen LogP contribution in [-0.2, 0) is 17.7 Å². The molecule has 226 valence electrons. The Morgan fingerprint density at radius 3 is 2.38 bits per heavy atom. The van der Waals surface area contributed by atoms with E-state index in [1.165, 1.54) is 12.1 Å². The molecule has 3 aromatic carbocycles. The Morgan fingerprint density at radius 1 is 1.00 bits per heavy atom. The number of carbonyl (C=O) groups is 2. The van der Waals surface area contributed by atoms with Gasteiger partial charge >= 0.3 is 5.97 Å². The van der Waals surface area contributed by atoms with Crippen molar-refractivity contribution in [2.75, 3.05) is 26.7 Å². The fraction of sp³-hybridized carbons (Fsp3) is 0.394. The molecule has 0 aliphatic rings. The number of halogens is 1. The van der Waals surface area contributed by atoms with E-state index in [4.69, 9.17) is 15.2 Å². The fourth-order valence-electron chi connectivity index (χ4n) is 4.84. The van der Waals surface area contributed by atoms with Gasteiger partial charge in [-0.25, -0.2) is 9.18 Å². The van der Waals surface area contributed by atoms with Crippen LogP contribution in [0, 0.1) is 12.7 Å². The molecule has 0 saturated carbocycles. The molecule has 8 nitrogen and oxygen atoms in total. The van der Waals surface area contributed by atoms with Crippen molar-refractivity contribution in [3.05, 3.63) is 94.3 Å². The monoisotopic (exact) mass is 579 g/mol. The number of benzene rings is 3. The summed E-state index contributed by atoms with van der Waals surface area (Å²) >= 11 is 0. The lowest BCUT2D eigenvalue weighted by molar-refractivity contribution is 0.0238. The van der Waals surface area contributed by atoms with E-state index in [1.807, 2.05) is 45.0 Å². The molecule has 3 rings (SSSR count). The summed E-state index contributed by atoms with van der Waals surface area (Å²) in [6.45, 7) is 7.80. The third-order valence-corrected chi connectivity index (χ3v) is 6.79. The molecule has 1 amide bonds. The highest BCUT2D eigenvalue weighted by Gasteiger charge is 2.25. The highest BCUT2D eigenvalue weighted by Crippen LogP contribution is 2.19. The van der Waals surface area contributed by atoms with E-state index in [0.717, 1.165) is 35.8 Å². The maximum Gasteiger partial charge on any atom is 0.338 e. The molecule has 0 aromatic heterocycles. The van der Waals surface area contributed by atoms with E-state index in [2.05, 4.69) is 5.32 Å². The average molecular weight is 580 g/mol. The average Bonchev–Trinajstić information content (AvgIpc) is 2.95. The lowest BCUT2D eigenvalue weighted by atomic mass is 10.0. The van der Waals surface area contributed by atoms with E-state index in [1.54, 1.807) is 30.2 Å². The Morgan fingerprint density at radius 2 is 1.71 bits per heavy atom. The van der Waals surface area contributed by atoms with Crippen LogP contribution in [0.15, 0.2) is 60.7 Å². The van der Waals surface area contributed by atoms with Crippen LogP contribution in [0.3, 0.4) is 0 Å². The highest BCUT2D eigenvalue weighted by molar-refractivity contribution is 5.98. The van der Waals surface area contributed by atoms with Gasteiger partial charge < -0.3 is 30.5 Å². The summed E-state index contributed by atoms with van der Waals surface area (Å²) in [6.07, 6.45) is 1.02. The number of carbonyl (C=O) groups excluding carboxylic acids is 2. The van der Waals surface area contributed by atoms with Crippen molar-refractivity contribution in [1.29, 1.82) is 0 Å². The van der Waals surface area contributed by atoms with Crippen molar-refractivity contribution in [1.82, 2.24) is 10.2 Å². The van der Waals surface area contributed by atoms with Crippen LogP contribution in [0.5, 0.6) is 11.5 Å². The lowest BCUT2D eigenvalue weighted by Gasteiger charge is -2.25. The fourth-order valence-corrected chi connectivity index (χ4v) is 4.84. The number of nitrogens with two attached hydrogens (primary N) is 1. The first-order valence-electron chi connectivity index (χ1n) is 14.3. The first kappa shape index (κ1) is 32.6. The van der Waals surface area contributed by atoms with Crippen LogP contribution < -0.4 is 15.8 Å². The molecule has 2 atom stereocenters. The van der Waals surface area contributed by atoms with E-state index in [0.29, 0.717) is 30.8 Å². The zero-order valence-electron chi connectivity index (χ0n) is 24.9. The standard InChI is InChI=1S/C33H42FN3O5/c1-5-10-37(11-6-2)32(39)25-12-22(3)13-26(18-25)33(40)42-31(21-36-20-23-8-7-9-29(16-23)41-4)30(35)17-24-14-27(34)19-28(38)15-24/h7-9,12-16,18-19,30-31,36,38H,5-6,10-11,17,20-21,35H2,1-4H3/t30-,31+/m0/s1. The zero-order chi connectivity index (χ0) is 30.6. The van der Waals surface area contributed by atoms with Crippen molar-refractivity contribution < 1.29 is 28.6 Å². The van der Waals surface area contributed by atoms with Crippen molar-refractivity contribution in [2.24, 2.45) is 5.73 Å². The first-order chi connectivity index (χ1) is 20.1. The summed E-state index contributed by atoms with van der Waals surface area (Å²) in [7, 11) is 1.60. The van der Waals surface area contributed by atoms with E-state index in [-0.39, 0.29) is 30.2 Å². The number of amides is 1. The molecule has 0 radical (unpaired) electrons. The van der Waals surface area contributed by atoms with Gasteiger partial charge in [0.05, 0.1) is 12.7 Å². The van der Waals surface area contributed by atoms with Crippen LogP contribution in [0.25, 0.3) is 0 Å². The largest absolute Gasteiger partial charge is 0.508 e. The van der Waals surface area contributed by atoms with Gasteiger partial charge in [-0.05, 0) is 85.3 Å². The molecular formula is C33H42FN3O5. The number of hydrogen-bond acceptors (Lipinski definition) is 7. The second kappa shape index (κ2) is 15.9. The number of rotatable bonds is 15. The van der Waals surface area contributed by atoms with Gasteiger partial charge in [-0.2, -0.15) is 0 Å². The summed E-state index contributed by atoms with van der Waals surface area (Å²) in [5.74, 6) is -0.814. The first-order valence-corrected chi connectivity index (χ1v) is 14.3. The number of nitrogens with one attached hydrogen (secondary N) is 1. The minimum Gasteiger partial charge on any atom is -0.508 e. The Bertz CT molecular complexity index is 1320. The highest BCUT2D eigenvalue weighted by atomic mass is 19.1. The van der Waals surface area contributed by atoms with Gasteiger partial charge in [0.25, 0.3) is 5.91 Å². The number of methoxy groups -OCH3 is 1. The van der Waals surface area contributed by atoms with E-state index < -0.39 is 23.9 Å². The van der Waals surface area contributed by atoms with Gasteiger partial charge in [0.2, 0.25) is 0 Å². The van der Waals surface area contributed by atoms with Gasteiger partial charge in [0.1, 0.15) is 23.4 Å². The molecular weight excluding hydrogens is 537 g/mol. The molecule has 0 unspecified atom stereocenters. The molecule has 0 spiro atoms. The summed E-state index contributed by atoms with van der Waals surface area (Å²) in [5, 5.41) is 13.1. The molecule has 0 aliphatic heterocycles. The number of hydrogen-bond donors (Lipinski definition) is 3. The number of aryl methyl sites for hydroxylation is 1. The van der Waals surface area contributed by atoms with Crippen LogP contribution in [0.2, 0.25) is 0 Å². The number of phenols is 1. The maximum atomic E-state index is 13.9. The SMILES string of the molecule is CCCN(CCC)C(=O)c1cc(C)cc(C(=O)O[C@H](CNCc2cccc(OC)c2)[C@@H](N)Cc2cc(O)cc(F)c2)c1. The Kier molecular flexibility index (Phi) is 12.3. The van der Waals surface area contributed by atoms with Crippen LogP contribution >= 0.6 is 0 Å². The van der Waals surface area contributed by atoms with E-state index >= 15 is 0 Å². The predicted molar refractivity (Wildman–Crippen MR) is 161 cm³/mol. The van der Waals surface area contributed by atoms with Gasteiger partial charge in [-0.1, -0.05) is 26.0 Å². The second-order valence-corrected chi connectivity index (χ2v) is 10.5. The number of phenolic OH excluding ortho intramolecular Hbond substituents is 1. The third kappa shape index (κ3) is 9.56. The molecule has 0 heterocycles. The van der Waals surface area contributed by atoms with Crippen LogP contribution in [0.4, 0.5) is 4.39 Å². The number of aromatic hydroxyl groups is 1. The molecule has 3 aromatic rings. The molecule has 4 N–H and O–H groups in total. The minimum absolute atomic E-state index is 0.129. The Labute approximate surface area is 247 Å². The summed E-state index contributed by atoms with van der Waals surface area (Å²) < 4.78 is 25.1. The van der Waals surface area contributed by atoms with Gasteiger partial charge in [0.15, 0.2) is 0 Å². The molecule has 0 aliphatic carbocycles. The molecule has 0 fully saturated rings. The topological polar surface area (TPSA) is 114 Å². The Balaban J connectivity index is 1.81. The zero-order valence-corrected chi connectivity index (χ0v) is 24.9.